The van der Waals surface area contributed by atoms with E-state index in [1.807, 2.05) is 61.5 Å². The fourth-order valence-electron chi connectivity index (χ4n) is 3.63. The molecule has 0 bridgehead atoms. The number of hydrogen-bond acceptors (Lipinski definition) is 4. The number of nitrogens with zero attached hydrogens (tertiary/aromatic N) is 1. The van der Waals surface area contributed by atoms with E-state index < -0.39 is 10.0 Å². The zero-order valence-electron chi connectivity index (χ0n) is 19.5. The molecule has 3 aromatic rings. The lowest BCUT2D eigenvalue weighted by atomic mass is 10.1. The second kappa shape index (κ2) is 11.6. The molecule has 0 aliphatic carbocycles. The van der Waals surface area contributed by atoms with Crippen LogP contribution >= 0.6 is 15.9 Å². The Balaban J connectivity index is 1.81. The van der Waals surface area contributed by atoms with Crippen LogP contribution in [0.15, 0.2) is 82.2 Å². The van der Waals surface area contributed by atoms with Crippen LogP contribution in [0.25, 0.3) is 0 Å². The monoisotopic (exact) mass is 544 g/mol. The number of nitrogens with one attached hydrogen (secondary N) is 1. The number of aryl methyl sites for hydroxylation is 1. The van der Waals surface area contributed by atoms with E-state index in [1.54, 1.807) is 26.2 Å². The first-order valence-corrected chi connectivity index (χ1v) is 13.2. The Kier molecular flexibility index (Phi) is 8.88. The van der Waals surface area contributed by atoms with Crippen LogP contribution in [0.3, 0.4) is 0 Å². The molecular weight excluding hydrogens is 516 g/mol. The fourth-order valence-corrected chi connectivity index (χ4v) is 5.37. The number of ether oxygens (including phenoxy) is 1. The normalized spacial score (nSPS) is 12.4. The number of benzene rings is 3. The van der Waals surface area contributed by atoms with Gasteiger partial charge in [0.25, 0.3) is 0 Å². The predicted octanol–water partition coefficient (Wildman–Crippen LogP) is 4.88. The number of methoxy groups -OCH3 is 1. The van der Waals surface area contributed by atoms with E-state index in [-0.39, 0.29) is 29.9 Å². The van der Waals surface area contributed by atoms with E-state index in [0.29, 0.717) is 17.7 Å². The summed E-state index contributed by atoms with van der Waals surface area (Å²) in [4.78, 5) is 13.0. The molecule has 0 fully saturated rings. The van der Waals surface area contributed by atoms with E-state index in [2.05, 4.69) is 21.2 Å². The third-order valence-corrected chi connectivity index (χ3v) is 7.93. The molecule has 0 radical (unpaired) electrons. The highest BCUT2D eigenvalue weighted by atomic mass is 79.9. The first kappa shape index (κ1) is 25.9. The summed E-state index contributed by atoms with van der Waals surface area (Å²) >= 11 is 3.40. The first-order chi connectivity index (χ1) is 16.2. The van der Waals surface area contributed by atoms with Gasteiger partial charge in [0, 0.05) is 11.0 Å². The Morgan fingerprint density at radius 3 is 2.35 bits per heavy atom. The van der Waals surface area contributed by atoms with Crippen molar-refractivity contribution in [2.75, 3.05) is 20.2 Å². The Bertz CT molecular complexity index is 1220. The first-order valence-electron chi connectivity index (χ1n) is 10.9. The van der Waals surface area contributed by atoms with Crippen molar-refractivity contribution in [1.82, 2.24) is 9.62 Å². The molecule has 8 heteroatoms. The predicted molar refractivity (Wildman–Crippen MR) is 137 cm³/mol. The second-order valence-corrected chi connectivity index (χ2v) is 10.9. The quantitative estimate of drug-likeness (QED) is 0.394. The smallest absolute Gasteiger partial charge is 0.243 e. The molecular formula is C26H29BrN2O4S. The SMILES string of the molecule is COc1ccc(S(=O)(=O)N(CCc2ccccc2)CC(=O)N[C@H](C)c2ccc(Br)cc2)cc1C. The molecule has 0 saturated carbocycles. The van der Waals surface area contributed by atoms with Gasteiger partial charge in [-0.3, -0.25) is 4.79 Å². The fraction of sp³-hybridized carbons (Fsp3) is 0.269. The molecule has 0 heterocycles. The zero-order valence-corrected chi connectivity index (χ0v) is 21.9. The molecule has 0 aliphatic heterocycles. The maximum Gasteiger partial charge on any atom is 0.243 e. The molecule has 1 N–H and O–H groups in total. The van der Waals surface area contributed by atoms with Gasteiger partial charge in [-0.1, -0.05) is 58.4 Å². The number of carbonyl (C=O) groups is 1. The van der Waals surface area contributed by atoms with Crippen molar-refractivity contribution in [3.05, 3.63) is 94.0 Å². The molecule has 1 amide bonds. The number of halogens is 1. The molecule has 180 valence electrons. The number of carbonyl (C=O) groups excluding carboxylic acids is 1. The van der Waals surface area contributed by atoms with E-state index in [4.69, 9.17) is 4.74 Å². The highest BCUT2D eigenvalue weighted by molar-refractivity contribution is 9.10. The van der Waals surface area contributed by atoms with Gasteiger partial charge < -0.3 is 10.1 Å². The second-order valence-electron chi connectivity index (χ2n) is 8.05. The topological polar surface area (TPSA) is 75.7 Å². The molecule has 0 aromatic heterocycles. The average Bonchev–Trinajstić information content (AvgIpc) is 2.82. The molecule has 6 nitrogen and oxygen atoms in total. The van der Waals surface area contributed by atoms with Crippen LogP contribution in [-0.2, 0) is 21.2 Å². The van der Waals surface area contributed by atoms with E-state index in [1.165, 1.54) is 10.4 Å². The van der Waals surface area contributed by atoms with Crippen LogP contribution in [0, 0.1) is 6.92 Å². The van der Waals surface area contributed by atoms with Gasteiger partial charge in [-0.05, 0) is 67.3 Å². The summed E-state index contributed by atoms with van der Waals surface area (Å²) in [6.07, 6.45) is 0.491. The van der Waals surface area contributed by atoms with Crippen LogP contribution in [-0.4, -0.2) is 38.8 Å². The van der Waals surface area contributed by atoms with Gasteiger partial charge >= 0.3 is 0 Å². The van der Waals surface area contributed by atoms with Gasteiger partial charge in [0.2, 0.25) is 15.9 Å². The van der Waals surface area contributed by atoms with Crippen molar-refractivity contribution in [2.24, 2.45) is 0 Å². The maximum absolute atomic E-state index is 13.5. The van der Waals surface area contributed by atoms with Crippen LogP contribution in [0.5, 0.6) is 5.75 Å². The van der Waals surface area contributed by atoms with Gasteiger partial charge in [0.15, 0.2) is 0 Å². The van der Waals surface area contributed by atoms with Crippen LogP contribution in [0.2, 0.25) is 0 Å². The number of sulfonamides is 1. The standard InChI is InChI=1S/C26H29BrN2O4S/c1-19-17-24(13-14-25(19)33-3)34(31,32)29(16-15-21-7-5-4-6-8-21)18-26(30)28-20(2)22-9-11-23(27)12-10-22/h4-14,17,20H,15-16,18H2,1-3H3,(H,28,30)/t20-/m1/s1. The lowest BCUT2D eigenvalue weighted by Crippen LogP contribution is -2.42. The summed E-state index contributed by atoms with van der Waals surface area (Å²) in [6, 6.07) is 21.7. The largest absolute Gasteiger partial charge is 0.496 e. The average molecular weight is 545 g/mol. The molecule has 34 heavy (non-hydrogen) atoms. The summed E-state index contributed by atoms with van der Waals surface area (Å²) in [5, 5.41) is 2.92. The lowest BCUT2D eigenvalue weighted by Gasteiger charge is -2.23. The van der Waals surface area contributed by atoms with Crippen molar-refractivity contribution in [2.45, 2.75) is 31.2 Å². The zero-order chi connectivity index (χ0) is 24.7. The molecule has 3 rings (SSSR count). The third-order valence-electron chi connectivity index (χ3n) is 5.56. The van der Waals surface area contributed by atoms with Gasteiger partial charge in [0.05, 0.1) is 24.6 Å². The Labute approximate surface area is 210 Å². The van der Waals surface area contributed by atoms with E-state index in [0.717, 1.165) is 15.6 Å². The van der Waals surface area contributed by atoms with Crippen LogP contribution < -0.4 is 10.1 Å². The van der Waals surface area contributed by atoms with Gasteiger partial charge in [-0.2, -0.15) is 4.31 Å². The molecule has 0 unspecified atom stereocenters. The van der Waals surface area contributed by atoms with Gasteiger partial charge in [-0.25, -0.2) is 8.42 Å². The number of hydrogen-bond donors (Lipinski definition) is 1. The molecule has 0 spiro atoms. The third kappa shape index (κ3) is 6.68. The van der Waals surface area contributed by atoms with Gasteiger partial charge in [-0.15, -0.1) is 0 Å². The van der Waals surface area contributed by atoms with Crippen molar-refractivity contribution in [1.29, 1.82) is 0 Å². The van der Waals surface area contributed by atoms with Crippen molar-refractivity contribution >= 4 is 31.9 Å². The van der Waals surface area contributed by atoms with Crippen molar-refractivity contribution in [3.8, 4) is 5.75 Å². The minimum absolute atomic E-state index is 0.132. The van der Waals surface area contributed by atoms with E-state index >= 15 is 0 Å². The molecule has 1 atom stereocenters. The van der Waals surface area contributed by atoms with E-state index in [9.17, 15) is 13.2 Å². The lowest BCUT2D eigenvalue weighted by molar-refractivity contribution is -0.121. The number of rotatable bonds is 10. The summed E-state index contributed by atoms with van der Waals surface area (Å²) in [5.74, 6) is 0.244. The molecule has 0 aliphatic rings. The van der Waals surface area contributed by atoms with Gasteiger partial charge in [0.1, 0.15) is 5.75 Å². The Morgan fingerprint density at radius 1 is 1.06 bits per heavy atom. The Hall–Kier alpha value is -2.68. The van der Waals surface area contributed by atoms with Crippen LogP contribution in [0.4, 0.5) is 0 Å². The summed E-state index contributed by atoms with van der Waals surface area (Å²) in [7, 11) is -2.37. The minimum Gasteiger partial charge on any atom is -0.496 e. The van der Waals surface area contributed by atoms with Crippen LogP contribution in [0.1, 0.15) is 29.7 Å². The molecule has 0 saturated heterocycles. The highest BCUT2D eigenvalue weighted by Gasteiger charge is 2.27. The Morgan fingerprint density at radius 2 is 1.74 bits per heavy atom. The van der Waals surface area contributed by atoms with Crippen molar-refractivity contribution < 1.29 is 17.9 Å². The summed E-state index contributed by atoms with van der Waals surface area (Å²) < 4.78 is 34.5. The molecule has 3 aromatic carbocycles. The van der Waals surface area contributed by atoms with Crippen molar-refractivity contribution in [3.63, 3.8) is 0 Å². The number of amides is 1. The minimum atomic E-state index is -3.91. The summed E-state index contributed by atoms with van der Waals surface area (Å²) in [5.41, 5.74) is 2.64. The maximum atomic E-state index is 13.5. The summed E-state index contributed by atoms with van der Waals surface area (Å²) in [6.45, 7) is 3.56. The highest BCUT2D eigenvalue weighted by Crippen LogP contribution is 2.24.